The highest BCUT2D eigenvalue weighted by Gasteiger charge is 2.44. The molecule has 0 aliphatic rings. The fraction of sp³-hybridized carbons (Fsp3) is 0.188. The number of amides is 1. The highest BCUT2D eigenvalue weighted by molar-refractivity contribution is 7.92. The molecule has 5 nitrogen and oxygen atoms in total. The van der Waals surface area contributed by atoms with Crippen LogP contribution >= 0.6 is 34.8 Å². The summed E-state index contributed by atoms with van der Waals surface area (Å²) < 4.78 is 28.3. The number of methoxy groups -OCH3 is 1. The number of rotatable bonds is 5. The highest BCUT2D eigenvalue weighted by atomic mass is 35.6. The SMILES string of the molecule is COc1ccc(C(=O)N[C@@H](C(Cl)(Cl)Cl)S(=O)(=O)c2ccccc2)cc1. The summed E-state index contributed by atoms with van der Waals surface area (Å²) in [5.41, 5.74) is 0.198. The van der Waals surface area contributed by atoms with Gasteiger partial charge in [-0.2, -0.15) is 0 Å². The van der Waals surface area contributed by atoms with Crippen LogP contribution in [0.15, 0.2) is 59.5 Å². The summed E-state index contributed by atoms with van der Waals surface area (Å²) >= 11 is 17.5. The maximum absolute atomic E-state index is 12.8. The summed E-state index contributed by atoms with van der Waals surface area (Å²) in [6.45, 7) is 0. The predicted octanol–water partition coefficient (Wildman–Crippen LogP) is 3.60. The van der Waals surface area contributed by atoms with Gasteiger partial charge in [-0.25, -0.2) is 8.42 Å². The van der Waals surface area contributed by atoms with Gasteiger partial charge in [0.25, 0.3) is 5.91 Å². The standard InChI is InChI=1S/C16H14Cl3NO4S/c1-24-12-9-7-11(8-10-12)14(21)20-15(16(17,18)19)25(22,23)13-5-3-2-4-6-13/h2-10,15H,1H3,(H,20,21)/t15-/m1/s1. The minimum Gasteiger partial charge on any atom is -0.497 e. The molecular formula is C16H14Cl3NO4S. The summed E-state index contributed by atoms with van der Waals surface area (Å²) in [6, 6.07) is 13.5. The molecule has 1 atom stereocenters. The van der Waals surface area contributed by atoms with E-state index in [9.17, 15) is 13.2 Å². The Morgan fingerprint density at radius 3 is 2.08 bits per heavy atom. The van der Waals surface area contributed by atoms with Crippen molar-refractivity contribution in [1.82, 2.24) is 5.32 Å². The van der Waals surface area contributed by atoms with Crippen molar-refractivity contribution in [2.24, 2.45) is 0 Å². The van der Waals surface area contributed by atoms with Crippen LogP contribution < -0.4 is 10.1 Å². The molecule has 0 heterocycles. The fourth-order valence-corrected chi connectivity index (χ4v) is 4.67. The van der Waals surface area contributed by atoms with E-state index in [1.807, 2.05) is 0 Å². The second kappa shape index (κ2) is 7.83. The lowest BCUT2D eigenvalue weighted by atomic mass is 10.2. The minimum atomic E-state index is -4.13. The Balaban J connectivity index is 2.34. The molecule has 0 bridgehead atoms. The van der Waals surface area contributed by atoms with Gasteiger partial charge >= 0.3 is 0 Å². The Hall–Kier alpha value is -1.47. The number of carbonyl (C=O) groups excluding carboxylic acids is 1. The normalized spacial score (nSPS) is 13.1. The lowest BCUT2D eigenvalue weighted by molar-refractivity contribution is 0.0948. The molecule has 0 saturated carbocycles. The molecule has 1 N–H and O–H groups in total. The van der Waals surface area contributed by atoms with Crippen LogP contribution in [0, 0.1) is 0 Å². The second-order valence-electron chi connectivity index (χ2n) is 4.98. The monoisotopic (exact) mass is 421 g/mol. The molecule has 0 unspecified atom stereocenters. The lowest BCUT2D eigenvalue weighted by Crippen LogP contribution is -2.49. The van der Waals surface area contributed by atoms with Crippen LogP contribution in [0.4, 0.5) is 0 Å². The molecule has 0 aliphatic heterocycles. The van der Waals surface area contributed by atoms with E-state index in [2.05, 4.69) is 5.32 Å². The number of halogens is 3. The molecule has 0 fully saturated rings. The molecule has 2 rings (SSSR count). The Kier molecular flexibility index (Phi) is 6.21. The van der Waals surface area contributed by atoms with Crippen molar-refractivity contribution >= 4 is 50.5 Å². The van der Waals surface area contributed by atoms with E-state index in [0.29, 0.717) is 5.75 Å². The van der Waals surface area contributed by atoms with Gasteiger partial charge in [0.15, 0.2) is 5.37 Å². The first-order valence-corrected chi connectivity index (χ1v) is 9.65. The fourth-order valence-electron chi connectivity index (χ4n) is 2.03. The quantitative estimate of drug-likeness (QED) is 0.747. The Labute approximate surface area is 160 Å². The van der Waals surface area contributed by atoms with E-state index in [1.54, 1.807) is 18.2 Å². The molecule has 2 aromatic rings. The predicted molar refractivity (Wildman–Crippen MR) is 98.2 cm³/mol. The molecule has 134 valence electrons. The maximum atomic E-state index is 12.8. The van der Waals surface area contributed by atoms with Crippen molar-refractivity contribution in [2.45, 2.75) is 14.1 Å². The summed E-state index contributed by atoms with van der Waals surface area (Å²) in [7, 11) is -2.64. The van der Waals surface area contributed by atoms with Crippen LogP contribution in [0.2, 0.25) is 0 Å². The largest absolute Gasteiger partial charge is 0.497 e. The van der Waals surface area contributed by atoms with Crippen molar-refractivity contribution in [1.29, 1.82) is 0 Å². The van der Waals surface area contributed by atoms with Crippen molar-refractivity contribution in [3.63, 3.8) is 0 Å². The topological polar surface area (TPSA) is 72.5 Å². The number of nitrogens with one attached hydrogen (secondary N) is 1. The van der Waals surface area contributed by atoms with E-state index in [4.69, 9.17) is 39.5 Å². The molecule has 1 amide bonds. The number of carbonyl (C=O) groups is 1. The Morgan fingerprint density at radius 1 is 1.04 bits per heavy atom. The van der Waals surface area contributed by atoms with Crippen molar-refractivity contribution in [2.75, 3.05) is 7.11 Å². The molecule has 25 heavy (non-hydrogen) atoms. The third-order valence-electron chi connectivity index (χ3n) is 3.29. The summed E-state index contributed by atoms with van der Waals surface area (Å²) in [5, 5.41) is 0.524. The van der Waals surface area contributed by atoms with E-state index < -0.39 is 24.9 Å². The third-order valence-corrected chi connectivity index (χ3v) is 6.36. The van der Waals surface area contributed by atoms with Gasteiger partial charge in [0.1, 0.15) is 5.75 Å². The zero-order chi connectivity index (χ0) is 18.7. The van der Waals surface area contributed by atoms with Crippen LogP contribution in [0.3, 0.4) is 0 Å². The van der Waals surface area contributed by atoms with E-state index >= 15 is 0 Å². The first-order valence-electron chi connectivity index (χ1n) is 6.97. The molecule has 0 saturated heterocycles. The number of alkyl halides is 3. The van der Waals surface area contributed by atoms with Gasteiger partial charge in [-0.05, 0) is 36.4 Å². The Morgan fingerprint density at radius 2 is 1.60 bits per heavy atom. The van der Waals surface area contributed by atoms with Crippen LogP contribution in [-0.2, 0) is 9.84 Å². The Bertz CT molecular complexity index is 834. The van der Waals surface area contributed by atoms with E-state index in [1.165, 1.54) is 43.5 Å². The molecular weight excluding hydrogens is 409 g/mol. The number of hydrogen-bond donors (Lipinski definition) is 1. The molecule has 0 spiro atoms. The van der Waals surface area contributed by atoms with Crippen LogP contribution in [-0.4, -0.2) is 30.6 Å². The van der Waals surface area contributed by atoms with Gasteiger partial charge in [0, 0.05) is 5.56 Å². The van der Waals surface area contributed by atoms with Crippen LogP contribution in [0.5, 0.6) is 5.75 Å². The van der Waals surface area contributed by atoms with Crippen molar-refractivity contribution < 1.29 is 17.9 Å². The third kappa shape index (κ3) is 4.79. The average molecular weight is 423 g/mol. The molecule has 2 aromatic carbocycles. The first-order chi connectivity index (χ1) is 11.7. The van der Waals surface area contributed by atoms with Gasteiger partial charge in [-0.3, -0.25) is 4.79 Å². The minimum absolute atomic E-state index is 0.0682. The summed E-state index contributed by atoms with van der Waals surface area (Å²) in [6.07, 6.45) is 0. The smallest absolute Gasteiger partial charge is 0.252 e. The maximum Gasteiger partial charge on any atom is 0.252 e. The number of benzene rings is 2. The molecule has 9 heteroatoms. The zero-order valence-electron chi connectivity index (χ0n) is 12.9. The number of sulfone groups is 1. The molecule has 0 aromatic heterocycles. The second-order valence-corrected chi connectivity index (χ2v) is 9.38. The van der Waals surface area contributed by atoms with Gasteiger partial charge in [-0.1, -0.05) is 53.0 Å². The lowest BCUT2D eigenvalue weighted by Gasteiger charge is -2.25. The zero-order valence-corrected chi connectivity index (χ0v) is 16.0. The van der Waals surface area contributed by atoms with E-state index in [-0.39, 0.29) is 10.5 Å². The molecule has 0 aliphatic carbocycles. The van der Waals surface area contributed by atoms with Crippen molar-refractivity contribution in [3.8, 4) is 5.75 Å². The van der Waals surface area contributed by atoms with Crippen LogP contribution in [0.25, 0.3) is 0 Å². The number of hydrogen-bond acceptors (Lipinski definition) is 4. The van der Waals surface area contributed by atoms with Crippen LogP contribution in [0.1, 0.15) is 10.4 Å². The van der Waals surface area contributed by atoms with Gasteiger partial charge in [-0.15, -0.1) is 0 Å². The molecule has 0 radical (unpaired) electrons. The van der Waals surface area contributed by atoms with Gasteiger partial charge < -0.3 is 10.1 Å². The van der Waals surface area contributed by atoms with Gasteiger partial charge in [0.2, 0.25) is 13.6 Å². The summed E-state index contributed by atoms with van der Waals surface area (Å²) in [4.78, 5) is 12.3. The van der Waals surface area contributed by atoms with E-state index in [0.717, 1.165) is 0 Å². The number of ether oxygens (including phenoxy) is 1. The average Bonchev–Trinajstić information content (AvgIpc) is 2.59. The van der Waals surface area contributed by atoms with Crippen molar-refractivity contribution in [3.05, 3.63) is 60.2 Å². The first kappa shape index (κ1) is 19.8. The highest BCUT2D eigenvalue weighted by Crippen LogP contribution is 2.36. The summed E-state index contributed by atoms with van der Waals surface area (Å²) in [5.74, 6) is -0.148. The van der Waals surface area contributed by atoms with Gasteiger partial charge in [0.05, 0.1) is 12.0 Å².